The lowest BCUT2D eigenvalue weighted by Crippen LogP contribution is -2.44. The van der Waals surface area contributed by atoms with Gasteiger partial charge in [0.2, 0.25) is 11.1 Å². The number of fused-ring (bicyclic) bond motifs is 1. The van der Waals surface area contributed by atoms with Crippen LogP contribution in [0.15, 0.2) is 59.8 Å². The summed E-state index contributed by atoms with van der Waals surface area (Å²) in [4.78, 5) is 13.0. The molecule has 156 valence electrons. The highest BCUT2D eigenvalue weighted by molar-refractivity contribution is 8.00. The first-order valence-electron chi connectivity index (χ1n) is 9.56. The van der Waals surface area contributed by atoms with E-state index in [1.807, 2.05) is 59.3 Å². The molecule has 4 rings (SSSR count). The summed E-state index contributed by atoms with van der Waals surface area (Å²) in [5.74, 6) is 1.38. The maximum absolute atomic E-state index is 13.0. The van der Waals surface area contributed by atoms with Gasteiger partial charge in [-0.25, -0.2) is 4.68 Å². The fraction of sp³-hybridized carbons (Fsp3) is 0.286. The third-order valence-corrected chi connectivity index (χ3v) is 6.02. The number of benzene rings is 2. The number of amides is 1. The smallest absolute Gasteiger partial charge is 0.236 e. The number of carbonyl (C=O) groups excluding carboxylic acids is 1. The minimum absolute atomic E-state index is 0.0825. The number of thioether (sulfide) groups is 1. The molecule has 2 heterocycles. The molecule has 0 saturated carbocycles. The summed E-state index contributed by atoms with van der Waals surface area (Å²) < 4.78 is 12.2. The maximum atomic E-state index is 13.0. The Morgan fingerprint density at radius 3 is 2.60 bits per heavy atom. The summed E-state index contributed by atoms with van der Waals surface area (Å²) in [6.07, 6.45) is 0. The normalized spacial score (nSPS) is 17.7. The zero-order valence-corrected chi connectivity index (χ0v) is 17.6. The predicted octanol–water partition coefficient (Wildman–Crippen LogP) is 2.48. The van der Waals surface area contributed by atoms with Crippen molar-refractivity contribution in [3.05, 3.63) is 60.2 Å². The van der Waals surface area contributed by atoms with Gasteiger partial charge in [-0.15, -0.1) is 10.2 Å². The van der Waals surface area contributed by atoms with Crippen LogP contribution >= 0.6 is 11.8 Å². The van der Waals surface area contributed by atoms with E-state index in [4.69, 9.17) is 9.47 Å². The molecule has 0 aliphatic carbocycles. The van der Waals surface area contributed by atoms with E-state index in [9.17, 15) is 4.79 Å². The highest BCUT2D eigenvalue weighted by Crippen LogP contribution is 2.38. The van der Waals surface area contributed by atoms with Gasteiger partial charge in [-0.05, 0) is 17.7 Å². The second-order valence-electron chi connectivity index (χ2n) is 6.71. The molecule has 1 aliphatic heterocycles. The first kappa shape index (κ1) is 20.2. The minimum Gasteiger partial charge on any atom is -0.497 e. The Labute approximate surface area is 179 Å². The summed E-state index contributed by atoms with van der Waals surface area (Å²) >= 11 is 1.39. The quantitative estimate of drug-likeness (QED) is 0.562. The lowest BCUT2D eigenvalue weighted by molar-refractivity contribution is -0.121. The molecule has 0 radical (unpaired) electrons. The zero-order chi connectivity index (χ0) is 20.9. The van der Waals surface area contributed by atoms with Crippen molar-refractivity contribution in [1.82, 2.24) is 20.2 Å². The van der Waals surface area contributed by atoms with Crippen LogP contribution in [0.25, 0.3) is 11.4 Å². The van der Waals surface area contributed by atoms with Crippen LogP contribution in [0.2, 0.25) is 0 Å². The molecule has 0 unspecified atom stereocenters. The molecule has 1 amide bonds. The van der Waals surface area contributed by atoms with Crippen molar-refractivity contribution in [1.29, 1.82) is 0 Å². The molecule has 30 heavy (non-hydrogen) atoms. The van der Waals surface area contributed by atoms with Crippen LogP contribution in [-0.4, -0.2) is 53.4 Å². The van der Waals surface area contributed by atoms with Crippen LogP contribution in [0.4, 0.5) is 0 Å². The predicted molar refractivity (Wildman–Crippen MR) is 115 cm³/mol. The fourth-order valence-corrected chi connectivity index (χ4v) is 4.37. The number of nitrogens with zero attached hydrogens (tertiary/aromatic N) is 3. The first-order chi connectivity index (χ1) is 14.7. The Morgan fingerprint density at radius 1 is 1.13 bits per heavy atom. The van der Waals surface area contributed by atoms with Gasteiger partial charge in [0, 0.05) is 19.2 Å². The second kappa shape index (κ2) is 9.19. The van der Waals surface area contributed by atoms with Crippen molar-refractivity contribution in [2.24, 2.45) is 0 Å². The van der Waals surface area contributed by atoms with Gasteiger partial charge in [-0.2, -0.15) is 0 Å². The largest absolute Gasteiger partial charge is 0.497 e. The molecule has 3 aromatic rings. The number of methoxy groups -OCH3 is 2. The topological polar surface area (TPSA) is 90.3 Å². The van der Waals surface area contributed by atoms with Gasteiger partial charge in [0.25, 0.3) is 0 Å². The zero-order valence-electron chi connectivity index (χ0n) is 16.7. The molecule has 2 atom stereocenters. The van der Waals surface area contributed by atoms with E-state index in [2.05, 4.69) is 20.9 Å². The summed E-state index contributed by atoms with van der Waals surface area (Å²) in [7, 11) is 3.24. The molecule has 1 aliphatic rings. The number of aromatic nitrogens is 3. The summed E-state index contributed by atoms with van der Waals surface area (Å²) in [5, 5.41) is 11.8. The standard InChI is InChI=1S/C21H23N5O3S/c1-28-13-12-22-20(27)18-17(14-8-10-16(29-2)11-9-14)25-26-19(23-24-21(26)30-18)15-6-4-3-5-7-15/h3-11,17-18,25H,12-13H2,1-2H3,(H,22,27)/t17-,18-/m1/s1. The summed E-state index contributed by atoms with van der Waals surface area (Å²) in [6.45, 7) is 0.905. The molecule has 9 heteroatoms. The van der Waals surface area contributed by atoms with Crippen LogP contribution in [-0.2, 0) is 9.53 Å². The molecule has 0 saturated heterocycles. The van der Waals surface area contributed by atoms with E-state index in [1.54, 1.807) is 14.2 Å². The monoisotopic (exact) mass is 425 g/mol. The van der Waals surface area contributed by atoms with Crippen molar-refractivity contribution in [3.8, 4) is 17.1 Å². The molecule has 2 aromatic carbocycles. The molecular weight excluding hydrogens is 402 g/mol. The second-order valence-corrected chi connectivity index (χ2v) is 7.82. The first-order valence-corrected chi connectivity index (χ1v) is 10.4. The Hall–Kier alpha value is -3.04. The lowest BCUT2D eigenvalue weighted by Gasteiger charge is -2.33. The molecular formula is C21H23N5O3S. The van der Waals surface area contributed by atoms with E-state index in [-0.39, 0.29) is 11.9 Å². The van der Waals surface area contributed by atoms with Gasteiger partial charge >= 0.3 is 0 Å². The highest BCUT2D eigenvalue weighted by atomic mass is 32.2. The van der Waals surface area contributed by atoms with Gasteiger partial charge < -0.3 is 20.2 Å². The van der Waals surface area contributed by atoms with E-state index >= 15 is 0 Å². The Morgan fingerprint density at radius 2 is 1.90 bits per heavy atom. The lowest BCUT2D eigenvalue weighted by atomic mass is 10.0. The van der Waals surface area contributed by atoms with Crippen LogP contribution in [0.3, 0.4) is 0 Å². The number of ether oxygens (including phenoxy) is 2. The molecule has 0 spiro atoms. The van der Waals surface area contributed by atoms with Gasteiger partial charge in [0.15, 0.2) is 5.82 Å². The van der Waals surface area contributed by atoms with Crippen LogP contribution in [0.1, 0.15) is 11.6 Å². The van der Waals surface area contributed by atoms with E-state index in [0.29, 0.717) is 24.1 Å². The van der Waals surface area contributed by atoms with Crippen molar-refractivity contribution >= 4 is 17.7 Å². The van der Waals surface area contributed by atoms with Crippen molar-refractivity contribution in [3.63, 3.8) is 0 Å². The average Bonchev–Trinajstić information content (AvgIpc) is 3.22. The SMILES string of the molecule is COCCNC(=O)[C@@H]1Sc2nnc(-c3ccccc3)n2N[C@@H]1c1ccc(OC)cc1. The van der Waals surface area contributed by atoms with Gasteiger partial charge in [-0.3, -0.25) is 4.79 Å². The molecule has 8 nitrogen and oxygen atoms in total. The number of rotatable bonds is 7. The van der Waals surface area contributed by atoms with Crippen molar-refractivity contribution in [2.45, 2.75) is 16.4 Å². The maximum Gasteiger partial charge on any atom is 0.236 e. The Kier molecular flexibility index (Phi) is 6.20. The van der Waals surface area contributed by atoms with E-state index in [0.717, 1.165) is 16.9 Å². The van der Waals surface area contributed by atoms with Gasteiger partial charge in [0.1, 0.15) is 11.0 Å². The van der Waals surface area contributed by atoms with E-state index in [1.165, 1.54) is 11.8 Å². The summed E-state index contributed by atoms with van der Waals surface area (Å²) in [5.41, 5.74) is 5.37. The van der Waals surface area contributed by atoms with Crippen LogP contribution < -0.4 is 15.5 Å². The highest BCUT2D eigenvalue weighted by Gasteiger charge is 2.37. The molecule has 2 N–H and O–H groups in total. The Bertz CT molecular complexity index is 994. The fourth-order valence-electron chi connectivity index (χ4n) is 3.27. The number of carbonyl (C=O) groups is 1. The van der Waals surface area contributed by atoms with E-state index < -0.39 is 5.25 Å². The van der Waals surface area contributed by atoms with Gasteiger partial charge in [-0.1, -0.05) is 54.2 Å². The minimum atomic E-state index is -0.421. The summed E-state index contributed by atoms with van der Waals surface area (Å²) in [6, 6.07) is 17.3. The third-order valence-electron chi connectivity index (χ3n) is 4.81. The number of nitrogens with one attached hydrogen (secondary N) is 2. The molecule has 1 aromatic heterocycles. The van der Waals surface area contributed by atoms with Crippen LogP contribution in [0, 0.1) is 0 Å². The Balaban J connectivity index is 1.67. The van der Waals surface area contributed by atoms with Crippen molar-refractivity contribution in [2.75, 3.05) is 32.8 Å². The average molecular weight is 426 g/mol. The third kappa shape index (κ3) is 4.12. The molecule has 0 fully saturated rings. The number of hydrogen-bond acceptors (Lipinski definition) is 7. The van der Waals surface area contributed by atoms with Crippen LogP contribution in [0.5, 0.6) is 5.75 Å². The number of hydrogen-bond donors (Lipinski definition) is 2. The van der Waals surface area contributed by atoms with Crippen molar-refractivity contribution < 1.29 is 14.3 Å². The van der Waals surface area contributed by atoms with Gasteiger partial charge in [0.05, 0.1) is 19.8 Å². The molecule has 0 bridgehead atoms.